The molecule has 34 heavy (non-hydrogen) atoms. The van der Waals surface area contributed by atoms with Crippen molar-refractivity contribution in [3.8, 4) is 11.5 Å². The molecule has 0 bridgehead atoms. The quantitative estimate of drug-likeness (QED) is 0.449. The van der Waals surface area contributed by atoms with Gasteiger partial charge in [-0.2, -0.15) is 5.10 Å². The average Bonchev–Trinajstić information content (AvgIpc) is 3.00. The second kappa shape index (κ2) is 11.5. The van der Waals surface area contributed by atoms with Crippen LogP contribution in [0.15, 0.2) is 41.5 Å². The fourth-order valence-electron chi connectivity index (χ4n) is 3.88. The van der Waals surface area contributed by atoms with Crippen LogP contribution in [0.4, 0.5) is 10.5 Å². The number of amides is 2. The number of aldehydes is 1. The summed E-state index contributed by atoms with van der Waals surface area (Å²) in [6.45, 7) is 3.17. The Morgan fingerprint density at radius 3 is 2.50 bits per heavy atom. The van der Waals surface area contributed by atoms with Crippen LogP contribution in [0.3, 0.4) is 0 Å². The molecular formula is C25H32N4O5. The Labute approximate surface area is 200 Å². The van der Waals surface area contributed by atoms with Crippen LogP contribution >= 0.6 is 0 Å². The number of hydrogen-bond donors (Lipinski definition) is 1. The third-order valence-corrected chi connectivity index (χ3v) is 5.77. The molecule has 0 spiro atoms. The number of fused-ring (bicyclic) bond motifs is 1. The lowest BCUT2D eigenvalue weighted by molar-refractivity contribution is -0.111. The molecule has 182 valence electrons. The van der Waals surface area contributed by atoms with Crippen molar-refractivity contribution in [2.45, 2.75) is 19.4 Å². The molecule has 0 fully saturated rings. The molecule has 2 amide bonds. The Balaban J connectivity index is 2.01. The van der Waals surface area contributed by atoms with E-state index in [0.29, 0.717) is 36.8 Å². The van der Waals surface area contributed by atoms with E-state index in [0.717, 1.165) is 28.7 Å². The minimum atomic E-state index is -0.275. The highest BCUT2D eigenvalue weighted by Crippen LogP contribution is 2.34. The largest absolute Gasteiger partial charge is 0.493 e. The molecule has 1 unspecified atom stereocenters. The van der Waals surface area contributed by atoms with Crippen LogP contribution in [-0.2, 0) is 16.0 Å². The Hall–Kier alpha value is -3.59. The number of carbonyl (C=O) groups excluding carboxylic acids is 2. The average molecular weight is 469 g/mol. The molecule has 1 aliphatic heterocycles. The van der Waals surface area contributed by atoms with E-state index in [2.05, 4.69) is 5.32 Å². The van der Waals surface area contributed by atoms with Gasteiger partial charge in [0.15, 0.2) is 11.5 Å². The molecule has 0 aliphatic carbocycles. The summed E-state index contributed by atoms with van der Waals surface area (Å²) in [6.07, 6.45) is 1.35. The Morgan fingerprint density at radius 2 is 1.88 bits per heavy atom. The molecule has 9 nitrogen and oxygen atoms in total. The van der Waals surface area contributed by atoms with Gasteiger partial charge in [0.2, 0.25) is 0 Å². The van der Waals surface area contributed by atoms with Crippen LogP contribution in [-0.4, -0.2) is 77.2 Å². The predicted octanol–water partition coefficient (Wildman–Crippen LogP) is 2.69. The summed E-state index contributed by atoms with van der Waals surface area (Å²) in [4.78, 5) is 25.1. The molecule has 2 aromatic rings. The molecule has 1 atom stereocenters. The van der Waals surface area contributed by atoms with Gasteiger partial charge in [0.05, 0.1) is 32.6 Å². The molecule has 2 aromatic carbocycles. The molecule has 3 rings (SSSR count). The maximum absolute atomic E-state index is 12.6. The van der Waals surface area contributed by atoms with E-state index in [1.165, 1.54) is 5.01 Å². The lowest BCUT2D eigenvalue weighted by Gasteiger charge is -2.22. The number of rotatable bonds is 9. The van der Waals surface area contributed by atoms with Gasteiger partial charge in [0.1, 0.15) is 12.9 Å². The number of carbonyl (C=O) groups is 2. The van der Waals surface area contributed by atoms with Crippen molar-refractivity contribution < 1.29 is 23.8 Å². The van der Waals surface area contributed by atoms with E-state index < -0.39 is 0 Å². The molecule has 1 N–H and O–H groups in total. The predicted molar refractivity (Wildman–Crippen MR) is 131 cm³/mol. The highest BCUT2D eigenvalue weighted by atomic mass is 16.5. The highest BCUT2D eigenvalue weighted by molar-refractivity contribution is 6.14. The zero-order valence-corrected chi connectivity index (χ0v) is 20.3. The number of nitrogens with one attached hydrogen (secondary N) is 1. The number of urea groups is 1. The second-order valence-electron chi connectivity index (χ2n) is 7.98. The molecule has 9 heteroatoms. The lowest BCUT2D eigenvalue weighted by Crippen LogP contribution is -2.41. The third-order valence-electron chi connectivity index (χ3n) is 5.77. The summed E-state index contributed by atoms with van der Waals surface area (Å²) in [5.41, 5.74) is 4.44. The van der Waals surface area contributed by atoms with Crippen molar-refractivity contribution in [1.29, 1.82) is 0 Å². The van der Waals surface area contributed by atoms with Crippen molar-refractivity contribution in [3.63, 3.8) is 0 Å². The topological polar surface area (TPSA) is 92.7 Å². The van der Waals surface area contributed by atoms with Gasteiger partial charge in [-0.3, -0.25) is 0 Å². The Kier molecular flexibility index (Phi) is 8.48. The maximum atomic E-state index is 12.6. The first-order valence-electron chi connectivity index (χ1n) is 11.1. The molecular weight excluding hydrogens is 436 g/mol. The van der Waals surface area contributed by atoms with E-state index in [4.69, 9.17) is 19.3 Å². The molecule has 1 heterocycles. The Morgan fingerprint density at radius 1 is 1.21 bits per heavy atom. The van der Waals surface area contributed by atoms with Crippen LogP contribution in [0.5, 0.6) is 11.5 Å². The van der Waals surface area contributed by atoms with Crippen LogP contribution in [0.2, 0.25) is 0 Å². The maximum Gasteiger partial charge on any atom is 0.337 e. The number of methoxy groups -OCH3 is 2. The summed E-state index contributed by atoms with van der Waals surface area (Å²) in [7, 11) is 6.76. The van der Waals surface area contributed by atoms with Crippen molar-refractivity contribution in [1.82, 2.24) is 10.3 Å². The van der Waals surface area contributed by atoms with Gasteiger partial charge < -0.3 is 29.2 Å². The normalized spacial score (nSPS) is 15.0. The second-order valence-corrected chi connectivity index (χ2v) is 7.98. The van der Waals surface area contributed by atoms with Gasteiger partial charge in [-0.1, -0.05) is 12.1 Å². The highest BCUT2D eigenvalue weighted by Gasteiger charge is 2.28. The van der Waals surface area contributed by atoms with Crippen molar-refractivity contribution in [2.75, 3.05) is 53.0 Å². The monoisotopic (exact) mass is 468 g/mol. The summed E-state index contributed by atoms with van der Waals surface area (Å²) in [6, 6.07) is 11.4. The smallest absolute Gasteiger partial charge is 0.337 e. The minimum absolute atomic E-state index is 0.0977. The van der Waals surface area contributed by atoms with Gasteiger partial charge in [0, 0.05) is 37.5 Å². The van der Waals surface area contributed by atoms with Gasteiger partial charge in [-0.25, -0.2) is 9.80 Å². The van der Waals surface area contributed by atoms with Crippen LogP contribution < -0.4 is 19.7 Å². The van der Waals surface area contributed by atoms with Gasteiger partial charge >= 0.3 is 6.03 Å². The Bertz CT molecular complexity index is 1040. The fourth-order valence-corrected chi connectivity index (χ4v) is 3.88. The first-order chi connectivity index (χ1) is 16.4. The van der Waals surface area contributed by atoms with Crippen molar-refractivity contribution in [3.05, 3.63) is 53.1 Å². The van der Waals surface area contributed by atoms with Crippen LogP contribution in [0.25, 0.3) is 0 Å². The first-order valence-corrected chi connectivity index (χ1v) is 11.1. The standard InChI is InChI=1S/C25H32N4O5/c1-17-14-19-15-22(32-4)23(33-5)16-21(19)24(27-29(17)25(31)26-2)18-6-8-20(9-7-18)28(3)10-12-34-13-11-30/h6-9,11,15-17H,10,12-14H2,1-5H3,(H,26,31). The number of anilines is 1. The zero-order valence-electron chi connectivity index (χ0n) is 20.3. The lowest BCUT2D eigenvalue weighted by atomic mass is 9.94. The van der Waals surface area contributed by atoms with Crippen LogP contribution in [0.1, 0.15) is 23.6 Å². The SMILES string of the molecule is CNC(=O)N1N=C(c2ccc(N(C)CCOCC=O)cc2)c2cc(OC)c(OC)cc2CC1C. The van der Waals surface area contributed by atoms with Gasteiger partial charge in [-0.15, -0.1) is 0 Å². The number of benzene rings is 2. The summed E-state index contributed by atoms with van der Waals surface area (Å²) in [5.74, 6) is 1.23. The summed E-state index contributed by atoms with van der Waals surface area (Å²) >= 11 is 0. The number of hydrogen-bond acceptors (Lipinski definition) is 7. The first kappa shape index (κ1) is 25.0. The zero-order chi connectivity index (χ0) is 24.7. The molecule has 0 saturated heterocycles. The van der Waals surface area contributed by atoms with E-state index in [-0.39, 0.29) is 18.7 Å². The van der Waals surface area contributed by atoms with E-state index in [1.807, 2.05) is 55.3 Å². The van der Waals surface area contributed by atoms with Gasteiger partial charge in [0.25, 0.3) is 0 Å². The van der Waals surface area contributed by atoms with E-state index in [9.17, 15) is 9.59 Å². The van der Waals surface area contributed by atoms with Crippen molar-refractivity contribution >= 4 is 23.7 Å². The molecule has 0 saturated carbocycles. The number of hydrazone groups is 1. The van der Waals surface area contributed by atoms with Crippen LogP contribution in [0, 0.1) is 0 Å². The number of ether oxygens (including phenoxy) is 3. The summed E-state index contributed by atoms with van der Waals surface area (Å²) in [5, 5.41) is 8.95. The third kappa shape index (κ3) is 5.48. The van der Waals surface area contributed by atoms with Crippen molar-refractivity contribution in [2.24, 2.45) is 5.10 Å². The molecule has 0 radical (unpaired) electrons. The summed E-state index contributed by atoms with van der Waals surface area (Å²) < 4.78 is 16.3. The fraction of sp³-hybridized carbons (Fsp3) is 0.400. The number of nitrogens with zero attached hydrogens (tertiary/aromatic N) is 3. The molecule has 1 aliphatic rings. The molecule has 0 aromatic heterocycles. The van der Waals surface area contributed by atoms with E-state index in [1.54, 1.807) is 21.3 Å². The van der Waals surface area contributed by atoms with E-state index >= 15 is 0 Å². The van der Waals surface area contributed by atoms with Gasteiger partial charge in [-0.05, 0) is 43.2 Å². The number of likely N-dealkylation sites (N-methyl/N-ethyl adjacent to an activating group) is 1. The minimum Gasteiger partial charge on any atom is -0.493 e.